The number of fused-ring (bicyclic) bond motifs is 2. The summed E-state index contributed by atoms with van der Waals surface area (Å²) in [5.74, 6) is -0.989. The number of aromatic amines is 1. The maximum absolute atomic E-state index is 12.7. The van der Waals surface area contributed by atoms with E-state index in [2.05, 4.69) is 14.2 Å². The highest BCUT2D eigenvalue weighted by molar-refractivity contribution is 7.85. The Bertz CT molecular complexity index is 1320. The highest BCUT2D eigenvalue weighted by Gasteiger charge is 2.30. The van der Waals surface area contributed by atoms with Crippen molar-refractivity contribution in [3.8, 4) is 11.5 Å². The average molecular weight is 422 g/mol. The van der Waals surface area contributed by atoms with Crippen LogP contribution in [-0.2, 0) is 21.5 Å². The van der Waals surface area contributed by atoms with E-state index in [9.17, 15) is 22.5 Å². The van der Waals surface area contributed by atoms with Gasteiger partial charge in [0.1, 0.15) is 17.2 Å². The number of H-pyrrole nitrogens is 1. The van der Waals surface area contributed by atoms with E-state index in [-0.39, 0.29) is 33.8 Å². The van der Waals surface area contributed by atoms with Crippen LogP contribution in [0.1, 0.15) is 16.1 Å². The van der Waals surface area contributed by atoms with Crippen LogP contribution in [0.2, 0.25) is 0 Å². The smallest absolute Gasteiger partial charge is 0.357 e. The van der Waals surface area contributed by atoms with E-state index in [0.717, 1.165) is 12.1 Å². The van der Waals surface area contributed by atoms with Crippen LogP contribution in [-0.4, -0.2) is 43.3 Å². The molecular weight excluding hydrogens is 412 g/mol. The molecule has 0 saturated carbocycles. The normalized spacial score (nSPS) is 14.8. The quantitative estimate of drug-likeness (QED) is 0.366. The van der Waals surface area contributed by atoms with E-state index >= 15 is 0 Å². The molecule has 10 nitrogen and oxygen atoms in total. The van der Waals surface area contributed by atoms with Crippen LogP contribution in [0.3, 0.4) is 0 Å². The van der Waals surface area contributed by atoms with Gasteiger partial charge in [0.2, 0.25) is 5.78 Å². The summed E-state index contributed by atoms with van der Waals surface area (Å²) < 4.78 is 55.9. The first-order valence-electron chi connectivity index (χ1n) is 7.54. The number of hydrogen-bond donors (Lipinski definition) is 4. The van der Waals surface area contributed by atoms with Crippen LogP contribution >= 0.6 is 0 Å². The Labute approximate surface area is 159 Å². The zero-order chi connectivity index (χ0) is 20.2. The molecule has 3 aromatic rings. The second kappa shape index (κ2) is 6.24. The highest BCUT2D eigenvalue weighted by Crippen LogP contribution is 2.37. The van der Waals surface area contributed by atoms with Gasteiger partial charge in [0, 0.05) is 10.9 Å². The van der Waals surface area contributed by atoms with Crippen molar-refractivity contribution in [1.82, 2.24) is 4.98 Å². The number of Topliss-reactive ketones (excluding diaryl/α,β-unsaturated/α-hetero) is 1. The number of hydrogen-bond acceptors (Lipinski definition) is 7. The summed E-state index contributed by atoms with van der Waals surface area (Å²) in [5, 5.41) is 10.6. The lowest BCUT2D eigenvalue weighted by atomic mass is 10.1. The van der Waals surface area contributed by atoms with Gasteiger partial charge in [0.05, 0.1) is 16.1 Å². The van der Waals surface area contributed by atoms with Crippen LogP contribution < -0.4 is 4.18 Å². The van der Waals surface area contributed by atoms with Crippen molar-refractivity contribution in [2.75, 3.05) is 0 Å². The third-order valence-electron chi connectivity index (χ3n) is 4.10. The number of aromatic nitrogens is 1. The van der Waals surface area contributed by atoms with Crippen molar-refractivity contribution < 1.29 is 35.8 Å². The molecule has 28 heavy (non-hydrogen) atoms. The zero-order valence-corrected chi connectivity index (χ0v) is 15.2. The molecule has 1 aliphatic heterocycles. The fourth-order valence-electron chi connectivity index (χ4n) is 2.89. The topological polar surface area (TPSA) is 166 Å². The number of nitrogens with zero attached hydrogens (tertiary/aromatic N) is 1. The number of carbonyl (C=O) groups excluding carboxylic acids is 1. The van der Waals surface area contributed by atoms with Crippen molar-refractivity contribution >= 4 is 49.6 Å². The van der Waals surface area contributed by atoms with Crippen LogP contribution in [0, 0.1) is 0 Å². The Morgan fingerprint density at radius 2 is 1.89 bits per heavy atom. The summed E-state index contributed by atoms with van der Waals surface area (Å²) >= 11 is -2.56. The third kappa shape index (κ3) is 2.97. The minimum Gasteiger partial charge on any atom is -0.505 e. The Hall–Kier alpha value is -3.06. The molecule has 0 bridgehead atoms. The fraction of sp³-hybridized carbons (Fsp3) is 0. The summed E-state index contributed by atoms with van der Waals surface area (Å²) in [6.45, 7) is 0. The van der Waals surface area contributed by atoms with Gasteiger partial charge in [0.25, 0.3) is 10.1 Å². The Morgan fingerprint density at radius 1 is 1.14 bits per heavy atom. The van der Waals surface area contributed by atoms with Gasteiger partial charge < -0.3 is 14.3 Å². The fourth-order valence-corrected chi connectivity index (χ4v) is 3.66. The first-order chi connectivity index (χ1) is 13.1. The number of aliphatic imine (C=N–C) groups is 1. The van der Waals surface area contributed by atoms with E-state index in [1.54, 1.807) is 0 Å². The number of benzene rings is 2. The Morgan fingerprint density at radius 3 is 2.57 bits per heavy atom. The van der Waals surface area contributed by atoms with Crippen LogP contribution in [0.5, 0.6) is 11.5 Å². The van der Waals surface area contributed by atoms with Crippen LogP contribution in [0.15, 0.2) is 46.3 Å². The second-order valence-electron chi connectivity index (χ2n) is 5.80. The molecule has 0 spiro atoms. The van der Waals surface area contributed by atoms with Gasteiger partial charge in [0.15, 0.2) is 5.75 Å². The van der Waals surface area contributed by atoms with Gasteiger partial charge >= 0.3 is 11.4 Å². The molecule has 2 heterocycles. The van der Waals surface area contributed by atoms with Gasteiger partial charge in [-0.1, -0.05) is 0 Å². The lowest BCUT2D eigenvalue weighted by Crippen LogP contribution is -2.11. The maximum atomic E-state index is 12.7. The number of aromatic hydroxyl groups is 1. The first kappa shape index (κ1) is 18.3. The van der Waals surface area contributed by atoms with Gasteiger partial charge in [-0.3, -0.25) is 13.9 Å². The molecular formula is C16H10N2O8S2. The number of ketones is 1. The SMILES string of the molecule is O=C1C(c2[nH]c3ccc(S(=O)(=O)O)cc3c2O)=Nc2ccc(OS(=O)O)cc21. The van der Waals surface area contributed by atoms with Crippen molar-refractivity contribution in [1.29, 1.82) is 0 Å². The molecule has 4 N–H and O–H groups in total. The van der Waals surface area contributed by atoms with Gasteiger partial charge in [-0.15, -0.1) is 0 Å². The molecule has 1 aliphatic rings. The van der Waals surface area contributed by atoms with E-state index in [1.807, 2.05) is 0 Å². The summed E-state index contributed by atoms with van der Waals surface area (Å²) in [6.07, 6.45) is 0. The predicted octanol–water partition coefficient (Wildman–Crippen LogP) is 1.95. The lowest BCUT2D eigenvalue weighted by Gasteiger charge is -2.01. The molecule has 0 aliphatic carbocycles. The van der Waals surface area contributed by atoms with Crippen molar-refractivity contribution in [2.24, 2.45) is 4.99 Å². The molecule has 0 radical (unpaired) electrons. The molecule has 0 saturated heterocycles. The Kier molecular flexibility index (Phi) is 4.08. The Balaban J connectivity index is 1.79. The van der Waals surface area contributed by atoms with E-state index in [0.29, 0.717) is 5.52 Å². The predicted molar refractivity (Wildman–Crippen MR) is 98.1 cm³/mol. The summed E-state index contributed by atoms with van der Waals surface area (Å²) in [4.78, 5) is 19.2. The molecule has 12 heteroatoms. The highest BCUT2D eigenvalue weighted by atomic mass is 32.2. The molecule has 1 unspecified atom stereocenters. The molecule has 1 atom stereocenters. The minimum atomic E-state index is -4.47. The van der Waals surface area contributed by atoms with E-state index in [4.69, 9.17) is 9.11 Å². The minimum absolute atomic E-state index is 0.0111. The van der Waals surface area contributed by atoms with Gasteiger partial charge in [-0.05, 0) is 36.4 Å². The molecule has 144 valence electrons. The summed E-state index contributed by atoms with van der Waals surface area (Å²) in [5.41, 5.74) is 0.546. The number of nitrogens with one attached hydrogen (secondary N) is 1. The van der Waals surface area contributed by atoms with Crippen LogP contribution in [0.4, 0.5) is 5.69 Å². The largest absolute Gasteiger partial charge is 0.505 e. The standard InChI is InChI=1S/C16H10N2O8S2/c19-15-9-5-7(26-27(21)22)1-3-11(9)17-13(15)14-16(20)10-6-8(28(23,24)25)2-4-12(10)18-14/h1-6,18,20H,(H,21,22)(H,23,24,25). The number of rotatable bonds is 4. The summed E-state index contributed by atoms with van der Waals surface area (Å²) in [7, 11) is -4.47. The average Bonchev–Trinajstić information content (AvgIpc) is 3.11. The maximum Gasteiger partial charge on any atom is 0.357 e. The molecule has 2 aromatic carbocycles. The van der Waals surface area contributed by atoms with E-state index < -0.39 is 37.9 Å². The van der Waals surface area contributed by atoms with Gasteiger partial charge in [-0.2, -0.15) is 12.6 Å². The second-order valence-corrected chi connectivity index (χ2v) is 7.82. The summed E-state index contributed by atoms with van der Waals surface area (Å²) in [6, 6.07) is 7.56. The molecule has 4 rings (SSSR count). The van der Waals surface area contributed by atoms with E-state index in [1.165, 1.54) is 24.3 Å². The van der Waals surface area contributed by atoms with Crippen molar-refractivity contribution in [3.63, 3.8) is 0 Å². The first-order valence-corrected chi connectivity index (χ1v) is 10.0. The van der Waals surface area contributed by atoms with Crippen molar-refractivity contribution in [2.45, 2.75) is 4.90 Å². The van der Waals surface area contributed by atoms with Crippen LogP contribution in [0.25, 0.3) is 10.9 Å². The monoisotopic (exact) mass is 422 g/mol. The van der Waals surface area contributed by atoms with Crippen molar-refractivity contribution in [3.05, 3.63) is 47.7 Å². The molecule has 1 aromatic heterocycles. The zero-order valence-electron chi connectivity index (χ0n) is 13.6. The third-order valence-corrected chi connectivity index (χ3v) is 5.29. The lowest BCUT2D eigenvalue weighted by molar-refractivity contribution is 0.106. The van der Waals surface area contributed by atoms with Gasteiger partial charge in [-0.25, -0.2) is 4.99 Å². The molecule has 0 fully saturated rings. The number of carbonyl (C=O) groups is 1. The molecule has 0 amide bonds.